The van der Waals surface area contributed by atoms with Crippen LogP contribution in [0.4, 0.5) is 4.39 Å². The largest absolute Gasteiger partial charge is 0.505 e. The Bertz CT molecular complexity index is 1110. The van der Waals surface area contributed by atoms with Crippen molar-refractivity contribution in [3.8, 4) is 28.8 Å². The van der Waals surface area contributed by atoms with Gasteiger partial charge in [-0.15, -0.1) is 0 Å². The third-order valence-corrected chi connectivity index (χ3v) is 4.99. The predicted octanol–water partition coefficient (Wildman–Crippen LogP) is 4.01. The maximum Gasteiger partial charge on any atom is 0.255 e. The lowest BCUT2D eigenvalue weighted by Crippen LogP contribution is -2.23. The number of pyridine rings is 1. The third kappa shape index (κ3) is 4.46. The Balaban J connectivity index is 1.76. The number of benzene rings is 2. The van der Waals surface area contributed by atoms with E-state index >= 15 is 0 Å². The van der Waals surface area contributed by atoms with E-state index in [0.717, 1.165) is 11.6 Å². The number of hydrogen-bond donors (Lipinski definition) is 2. The number of carbonyl (C=O) groups excluding carboxylic acids is 1. The number of aromatic nitrogens is 1. The summed E-state index contributed by atoms with van der Waals surface area (Å²) in [6, 6.07) is 12.8. The highest BCUT2D eigenvalue weighted by Crippen LogP contribution is 2.31. The Morgan fingerprint density at radius 1 is 1.31 bits per heavy atom. The maximum atomic E-state index is 13.4. The molecule has 0 aliphatic carbocycles. The maximum absolute atomic E-state index is 13.4. The molecule has 3 rings (SSSR count). The summed E-state index contributed by atoms with van der Waals surface area (Å²) >= 11 is 1.91. The van der Waals surface area contributed by atoms with Gasteiger partial charge < -0.3 is 15.2 Å². The molecule has 29 heavy (non-hydrogen) atoms. The molecule has 2 aromatic carbocycles. The van der Waals surface area contributed by atoms with Gasteiger partial charge in [0.05, 0.1) is 21.9 Å². The van der Waals surface area contributed by atoms with Gasteiger partial charge in [0.25, 0.3) is 5.91 Å². The van der Waals surface area contributed by atoms with Crippen molar-refractivity contribution in [2.24, 2.45) is 0 Å². The Labute approximate surface area is 180 Å². The van der Waals surface area contributed by atoms with Gasteiger partial charge in [0, 0.05) is 18.3 Å². The summed E-state index contributed by atoms with van der Waals surface area (Å²) in [4.78, 5) is 16.6. The van der Waals surface area contributed by atoms with Gasteiger partial charge in [0.15, 0.2) is 0 Å². The molecule has 0 fully saturated rings. The van der Waals surface area contributed by atoms with Crippen molar-refractivity contribution < 1.29 is 19.0 Å². The number of methoxy groups -OCH3 is 1. The summed E-state index contributed by atoms with van der Waals surface area (Å²) < 4.78 is 19.0. The zero-order chi connectivity index (χ0) is 21.0. The molecule has 0 saturated heterocycles. The second-order valence-corrected chi connectivity index (χ2v) is 7.18. The Morgan fingerprint density at radius 3 is 2.69 bits per heavy atom. The van der Waals surface area contributed by atoms with Crippen molar-refractivity contribution in [2.45, 2.75) is 6.54 Å². The number of nitriles is 1. The average Bonchev–Trinajstić information content (AvgIpc) is 2.74. The van der Waals surface area contributed by atoms with E-state index < -0.39 is 11.7 Å². The zero-order valence-corrected chi connectivity index (χ0v) is 17.4. The van der Waals surface area contributed by atoms with Crippen molar-refractivity contribution in [3.63, 3.8) is 0 Å². The molecule has 0 spiro atoms. The summed E-state index contributed by atoms with van der Waals surface area (Å²) in [5.74, 6) is -0.797. The van der Waals surface area contributed by atoms with Crippen LogP contribution in [0.15, 0.2) is 48.7 Å². The van der Waals surface area contributed by atoms with Crippen LogP contribution in [0, 0.1) is 20.7 Å². The molecular formula is C21H15FIN3O3. The number of nitrogens with zero attached hydrogens (tertiary/aromatic N) is 2. The topological polar surface area (TPSA) is 95.2 Å². The SMILES string of the molecule is COc1ccc(F)cc1C(=O)NCc1ccc(-c2ncc(I)c(O)c2C#N)cc1. The molecule has 1 heterocycles. The molecule has 3 aromatic rings. The summed E-state index contributed by atoms with van der Waals surface area (Å²) in [6.45, 7) is 0.218. The van der Waals surface area contributed by atoms with E-state index in [9.17, 15) is 19.6 Å². The van der Waals surface area contributed by atoms with Gasteiger partial charge in [0.2, 0.25) is 0 Å². The first-order chi connectivity index (χ1) is 13.9. The number of hydrogen-bond acceptors (Lipinski definition) is 5. The molecule has 6 nitrogen and oxygen atoms in total. The molecule has 0 saturated carbocycles. The summed E-state index contributed by atoms with van der Waals surface area (Å²) in [6.07, 6.45) is 1.49. The first kappa shape index (κ1) is 20.5. The van der Waals surface area contributed by atoms with E-state index in [4.69, 9.17) is 4.74 Å². The highest BCUT2D eigenvalue weighted by molar-refractivity contribution is 14.1. The monoisotopic (exact) mass is 503 g/mol. The van der Waals surface area contributed by atoms with Crippen LogP contribution in [-0.4, -0.2) is 23.1 Å². The fourth-order valence-corrected chi connectivity index (χ4v) is 3.13. The van der Waals surface area contributed by atoms with Gasteiger partial charge >= 0.3 is 0 Å². The van der Waals surface area contributed by atoms with Crippen molar-refractivity contribution in [1.29, 1.82) is 5.26 Å². The average molecular weight is 503 g/mol. The van der Waals surface area contributed by atoms with Crippen LogP contribution in [0.1, 0.15) is 21.5 Å². The molecule has 0 aliphatic heterocycles. The summed E-state index contributed by atoms with van der Waals surface area (Å²) in [5, 5.41) is 22.1. The van der Waals surface area contributed by atoms with E-state index in [-0.39, 0.29) is 29.2 Å². The smallest absolute Gasteiger partial charge is 0.255 e. The van der Waals surface area contributed by atoms with Crippen LogP contribution in [0.25, 0.3) is 11.3 Å². The van der Waals surface area contributed by atoms with Gasteiger partial charge in [-0.1, -0.05) is 24.3 Å². The molecular weight excluding hydrogens is 488 g/mol. The quantitative estimate of drug-likeness (QED) is 0.514. The number of rotatable bonds is 5. The molecule has 0 aliphatic rings. The van der Waals surface area contributed by atoms with Crippen LogP contribution in [0.2, 0.25) is 0 Å². The number of amides is 1. The van der Waals surface area contributed by atoms with Gasteiger partial charge in [-0.25, -0.2) is 4.39 Å². The van der Waals surface area contributed by atoms with Gasteiger partial charge in [0.1, 0.15) is 28.9 Å². The van der Waals surface area contributed by atoms with Crippen molar-refractivity contribution >= 4 is 28.5 Å². The van der Waals surface area contributed by atoms with Crippen LogP contribution in [0.5, 0.6) is 11.5 Å². The predicted molar refractivity (Wildman–Crippen MR) is 113 cm³/mol. The fraction of sp³-hybridized carbons (Fsp3) is 0.0952. The highest BCUT2D eigenvalue weighted by atomic mass is 127. The van der Waals surface area contributed by atoms with E-state index in [1.807, 2.05) is 28.7 Å². The molecule has 0 radical (unpaired) electrons. The van der Waals surface area contributed by atoms with Crippen molar-refractivity contribution in [2.75, 3.05) is 7.11 Å². The minimum absolute atomic E-state index is 0.0986. The first-order valence-corrected chi connectivity index (χ1v) is 9.51. The first-order valence-electron chi connectivity index (χ1n) is 8.43. The standard InChI is InChI=1S/C21H15FIN3O3/c1-29-18-7-6-14(22)8-15(18)21(28)26-10-12-2-4-13(5-3-12)19-16(9-24)20(27)17(23)11-25-19/h2-8,11H,10H2,1H3,(H,25,27)(H,26,28). The molecule has 1 aromatic heterocycles. The van der Waals surface area contributed by atoms with Crippen LogP contribution in [-0.2, 0) is 6.54 Å². The van der Waals surface area contributed by atoms with Gasteiger partial charge in [-0.2, -0.15) is 5.26 Å². The Morgan fingerprint density at radius 2 is 2.03 bits per heavy atom. The van der Waals surface area contributed by atoms with E-state index in [0.29, 0.717) is 14.8 Å². The number of carbonyl (C=O) groups is 1. The van der Waals surface area contributed by atoms with Gasteiger partial charge in [-0.3, -0.25) is 9.78 Å². The number of ether oxygens (including phenoxy) is 1. The van der Waals surface area contributed by atoms with E-state index in [2.05, 4.69) is 10.3 Å². The Kier molecular flexibility index (Phi) is 6.29. The second kappa shape index (κ2) is 8.87. The normalized spacial score (nSPS) is 10.3. The fourth-order valence-electron chi connectivity index (χ4n) is 2.72. The van der Waals surface area contributed by atoms with E-state index in [1.54, 1.807) is 24.3 Å². The number of halogens is 2. The minimum atomic E-state index is -0.526. The molecule has 2 N–H and O–H groups in total. The van der Waals surface area contributed by atoms with Crippen LogP contribution in [0.3, 0.4) is 0 Å². The molecule has 0 unspecified atom stereocenters. The minimum Gasteiger partial charge on any atom is -0.505 e. The molecule has 0 bridgehead atoms. The van der Waals surface area contributed by atoms with Gasteiger partial charge in [-0.05, 0) is 46.4 Å². The Hall–Kier alpha value is -3.19. The van der Waals surface area contributed by atoms with E-state index in [1.165, 1.54) is 25.4 Å². The number of nitrogens with one attached hydrogen (secondary N) is 1. The lowest BCUT2D eigenvalue weighted by molar-refractivity contribution is 0.0947. The van der Waals surface area contributed by atoms with Crippen molar-refractivity contribution in [1.82, 2.24) is 10.3 Å². The summed E-state index contributed by atoms with van der Waals surface area (Å²) in [7, 11) is 1.41. The van der Waals surface area contributed by atoms with Crippen LogP contribution >= 0.6 is 22.6 Å². The molecule has 0 atom stereocenters. The van der Waals surface area contributed by atoms with Crippen LogP contribution < -0.4 is 10.1 Å². The molecule has 1 amide bonds. The lowest BCUT2D eigenvalue weighted by atomic mass is 10.0. The second-order valence-electron chi connectivity index (χ2n) is 6.01. The summed E-state index contributed by atoms with van der Waals surface area (Å²) in [5.41, 5.74) is 2.06. The molecule has 146 valence electrons. The molecule has 8 heteroatoms. The third-order valence-electron chi connectivity index (χ3n) is 4.21. The highest BCUT2D eigenvalue weighted by Gasteiger charge is 2.15. The van der Waals surface area contributed by atoms with Crippen molar-refractivity contribution in [3.05, 3.63) is 74.7 Å². The number of aromatic hydroxyl groups is 1. The zero-order valence-electron chi connectivity index (χ0n) is 15.2. The lowest BCUT2D eigenvalue weighted by Gasteiger charge is -2.10.